The van der Waals surface area contributed by atoms with E-state index < -0.39 is 17.6 Å². The normalized spacial score (nSPS) is 13.1. The van der Waals surface area contributed by atoms with Crippen LogP contribution in [-0.2, 0) is 10.9 Å². The van der Waals surface area contributed by atoms with E-state index in [1.807, 2.05) is 0 Å². The van der Waals surface area contributed by atoms with E-state index in [2.05, 4.69) is 5.32 Å². The Balaban J connectivity index is 2.81. The molecule has 0 aliphatic heterocycles. The molecule has 0 aliphatic carbocycles. The van der Waals surface area contributed by atoms with Gasteiger partial charge in [0.15, 0.2) is 0 Å². The number of nitrogens with two attached hydrogens (primary N) is 1. The number of rotatable bonds is 6. The molecule has 0 saturated heterocycles. The van der Waals surface area contributed by atoms with Gasteiger partial charge in [-0.05, 0) is 31.2 Å². The molecule has 0 spiro atoms. The summed E-state index contributed by atoms with van der Waals surface area (Å²) in [6.45, 7) is 0.596. The third kappa shape index (κ3) is 4.82. The predicted molar refractivity (Wildman–Crippen MR) is 68.2 cm³/mol. The number of amides is 1. The van der Waals surface area contributed by atoms with Crippen LogP contribution in [0.2, 0.25) is 0 Å². The van der Waals surface area contributed by atoms with Crippen LogP contribution in [0.15, 0.2) is 24.3 Å². The SMILES string of the molecule is COCC(CCN)NC(=O)c1cccc(C(F)(F)F)c1. The number of carbonyl (C=O) groups is 1. The van der Waals surface area contributed by atoms with E-state index in [1.54, 1.807) is 0 Å². The number of halogens is 3. The molecule has 1 unspecified atom stereocenters. The lowest BCUT2D eigenvalue weighted by molar-refractivity contribution is -0.137. The Hall–Kier alpha value is -1.60. The van der Waals surface area contributed by atoms with Crippen molar-refractivity contribution in [2.45, 2.75) is 18.6 Å². The number of alkyl halides is 3. The molecule has 0 fully saturated rings. The van der Waals surface area contributed by atoms with Gasteiger partial charge in [-0.2, -0.15) is 13.2 Å². The largest absolute Gasteiger partial charge is 0.416 e. The molecule has 4 nitrogen and oxygen atoms in total. The third-order valence-corrected chi connectivity index (χ3v) is 2.67. The van der Waals surface area contributed by atoms with Crippen molar-refractivity contribution in [3.05, 3.63) is 35.4 Å². The minimum atomic E-state index is -4.47. The molecule has 1 amide bonds. The molecule has 1 rings (SSSR count). The first-order chi connectivity index (χ1) is 9.38. The van der Waals surface area contributed by atoms with Crippen molar-refractivity contribution in [1.82, 2.24) is 5.32 Å². The summed E-state index contributed by atoms with van der Waals surface area (Å²) in [5.74, 6) is -0.577. The molecule has 0 heterocycles. The number of methoxy groups -OCH3 is 1. The fourth-order valence-corrected chi connectivity index (χ4v) is 1.71. The van der Waals surface area contributed by atoms with E-state index in [0.717, 1.165) is 12.1 Å². The van der Waals surface area contributed by atoms with Crippen LogP contribution in [0.1, 0.15) is 22.3 Å². The van der Waals surface area contributed by atoms with Gasteiger partial charge in [-0.25, -0.2) is 0 Å². The molecular weight excluding hydrogens is 273 g/mol. The van der Waals surface area contributed by atoms with Crippen molar-refractivity contribution in [2.24, 2.45) is 5.73 Å². The molecule has 20 heavy (non-hydrogen) atoms. The monoisotopic (exact) mass is 290 g/mol. The standard InChI is InChI=1S/C13H17F3N2O2/c1-20-8-11(5-6-17)18-12(19)9-3-2-4-10(7-9)13(14,15)16/h2-4,7,11H,5-6,8,17H2,1H3,(H,18,19). The van der Waals surface area contributed by atoms with E-state index in [9.17, 15) is 18.0 Å². The van der Waals surface area contributed by atoms with Gasteiger partial charge < -0.3 is 15.8 Å². The van der Waals surface area contributed by atoms with Gasteiger partial charge in [0.2, 0.25) is 0 Å². The zero-order valence-corrected chi connectivity index (χ0v) is 11.0. The lowest BCUT2D eigenvalue weighted by Crippen LogP contribution is -2.39. The topological polar surface area (TPSA) is 64.3 Å². The van der Waals surface area contributed by atoms with Crippen molar-refractivity contribution in [3.63, 3.8) is 0 Å². The lowest BCUT2D eigenvalue weighted by atomic mass is 10.1. The molecule has 0 aromatic heterocycles. The molecule has 1 aromatic rings. The zero-order chi connectivity index (χ0) is 15.2. The van der Waals surface area contributed by atoms with Gasteiger partial charge in [-0.15, -0.1) is 0 Å². The quantitative estimate of drug-likeness (QED) is 0.839. The van der Waals surface area contributed by atoms with Crippen molar-refractivity contribution < 1.29 is 22.7 Å². The second kappa shape index (κ2) is 7.25. The minimum absolute atomic E-state index is 0.0436. The Bertz CT molecular complexity index is 443. The van der Waals surface area contributed by atoms with Gasteiger partial charge in [0.05, 0.1) is 18.2 Å². The summed E-state index contributed by atoms with van der Waals surface area (Å²) >= 11 is 0. The Morgan fingerprint density at radius 1 is 1.45 bits per heavy atom. The second-order valence-electron chi connectivity index (χ2n) is 4.28. The average molecular weight is 290 g/mol. The maximum atomic E-state index is 12.6. The summed E-state index contributed by atoms with van der Waals surface area (Å²) in [5, 5.41) is 2.60. The number of nitrogens with one attached hydrogen (secondary N) is 1. The summed E-state index contributed by atoms with van der Waals surface area (Å²) in [6, 6.07) is 3.94. The van der Waals surface area contributed by atoms with Crippen LogP contribution in [-0.4, -0.2) is 32.2 Å². The van der Waals surface area contributed by atoms with Gasteiger partial charge in [-0.1, -0.05) is 6.07 Å². The number of hydrogen-bond acceptors (Lipinski definition) is 3. The van der Waals surface area contributed by atoms with Crippen LogP contribution in [0.4, 0.5) is 13.2 Å². The first-order valence-electron chi connectivity index (χ1n) is 6.05. The highest BCUT2D eigenvalue weighted by atomic mass is 19.4. The van der Waals surface area contributed by atoms with Crippen LogP contribution < -0.4 is 11.1 Å². The molecule has 112 valence electrons. The van der Waals surface area contributed by atoms with Gasteiger partial charge in [0.1, 0.15) is 0 Å². The zero-order valence-electron chi connectivity index (χ0n) is 11.0. The average Bonchev–Trinajstić information content (AvgIpc) is 2.38. The van der Waals surface area contributed by atoms with E-state index >= 15 is 0 Å². The Labute approximate surface area is 115 Å². The van der Waals surface area contributed by atoms with E-state index in [0.29, 0.717) is 13.0 Å². The summed E-state index contributed by atoms with van der Waals surface area (Å²) in [6.07, 6.45) is -3.99. The summed E-state index contributed by atoms with van der Waals surface area (Å²) < 4.78 is 42.6. The van der Waals surface area contributed by atoms with Crippen molar-refractivity contribution in [2.75, 3.05) is 20.3 Å². The molecule has 0 radical (unpaired) electrons. The lowest BCUT2D eigenvalue weighted by Gasteiger charge is -2.17. The Kier molecular flexibility index (Phi) is 5.97. The van der Waals surface area contributed by atoms with Crippen LogP contribution in [0, 0.1) is 0 Å². The summed E-state index contributed by atoms with van der Waals surface area (Å²) in [5.41, 5.74) is 4.50. The number of ether oxygens (including phenoxy) is 1. The van der Waals surface area contributed by atoms with E-state index in [-0.39, 0.29) is 18.2 Å². The first-order valence-corrected chi connectivity index (χ1v) is 6.05. The van der Waals surface area contributed by atoms with Crippen LogP contribution in [0.25, 0.3) is 0 Å². The Morgan fingerprint density at radius 2 is 2.15 bits per heavy atom. The fourth-order valence-electron chi connectivity index (χ4n) is 1.71. The maximum Gasteiger partial charge on any atom is 0.416 e. The highest BCUT2D eigenvalue weighted by Crippen LogP contribution is 2.29. The molecule has 1 atom stereocenters. The van der Waals surface area contributed by atoms with Gasteiger partial charge >= 0.3 is 6.18 Å². The number of benzene rings is 1. The minimum Gasteiger partial charge on any atom is -0.383 e. The van der Waals surface area contributed by atoms with Crippen molar-refractivity contribution >= 4 is 5.91 Å². The molecule has 0 saturated carbocycles. The molecular formula is C13H17F3N2O2. The smallest absolute Gasteiger partial charge is 0.383 e. The summed E-state index contributed by atoms with van der Waals surface area (Å²) in [4.78, 5) is 11.9. The van der Waals surface area contributed by atoms with Crippen molar-refractivity contribution in [3.8, 4) is 0 Å². The first kappa shape index (κ1) is 16.5. The highest BCUT2D eigenvalue weighted by molar-refractivity contribution is 5.94. The van der Waals surface area contributed by atoms with Gasteiger partial charge in [0, 0.05) is 12.7 Å². The van der Waals surface area contributed by atoms with Crippen LogP contribution >= 0.6 is 0 Å². The second-order valence-corrected chi connectivity index (χ2v) is 4.28. The fraction of sp³-hybridized carbons (Fsp3) is 0.462. The molecule has 7 heteroatoms. The highest BCUT2D eigenvalue weighted by Gasteiger charge is 2.31. The van der Waals surface area contributed by atoms with Gasteiger partial charge in [-0.3, -0.25) is 4.79 Å². The predicted octanol–water partition coefficient (Wildman–Crippen LogP) is 1.80. The number of hydrogen-bond donors (Lipinski definition) is 2. The molecule has 0 aliphatic rings. The maximum absolute atomic E-state index is 12.6. The van der Waals surface area contributed by atoms with Gasteiger partial charge in [0.25, 0.3) is 5.91 Å². The van der Waals surface area contributed by atoms with Crippen LogP contribution in [0.5, 0.6) is 0 Å². The molecule has 0 bridgehead atoms. The summed E-state index contributed by atoms with van der Waals surface area (Å²) in [7, 11) is 1.47. The van der Waals surface area contributed by atoms with Crippen molar-refractivity contribution in [1.29, 1.82) is 0 Å². The van der Waals surface area contributed by atoms with Crippen LogP contribution in [0.3, 0.4) is 0 Å². The Morgan fingerprint density at radius 3 is 2.70 bits per heavy atom. The molecule has 3 N–H and O–H groups in total. The molecule has 1 aromatic carbocycles. The number of carbonyl (C=O) groups excluding carboxylic acids is 1. The van der Waals surface area contributed by atoms with E-state index in [4.69, 9.17) is 10.5 Å². The van der Waals surface area contributed by atoms with E-state index in [1.165, 1.54) is 19.2 Å². The third-order valence-electron chi connectivity index (χ3n) is 2.67.